The predicted molar refractivity (Wildman–Crippen MR) is 107 cm³/mol. The summed E-state index contributed by atoms with van der Waals surface area (Å²) in [7, 11) is 1.59. The molecule has 0 unspecified atom stereocenters. The van der Waals surface area contributed by atoms with Crippen molar-refractivity contribution in [2.24, 2.45) is 5.10 Å². The third-order valence-electron chi connectivity index (χ3n) is 5.37. The van der Waals surface area contributed by atoms with E-state index in [0.717, 1.165) is 22.6 Å². The first-order valence-corrected chi connectivity index (χ1v) is 9.38. The van der Waals surface area contributed by atoms with Gasteiger partial charge in [0.1, 0.15) is 23.1 Å². The van der Waals surface area contributed by atoms with Crippen molar-refractivity contribution in [3.63, 3.8) is 0 Å². The maximum atomic E-state index is 13.4. The van der Waals surface area contributed by atoms with Crippen LogP contribution >= 0.6 is 0 Å². The largest absolute Gasteiger partial charge is 0.507 e. The number of ether oxygens (including phenoxy) is 2. The van der Waals surface area contributed by atoms with E-state index in [-0.39, 0.29) is 17.6 Å². The molecule has 3 aromatic rings. The van der Waals surface area contributed by atoms with Gasteiger partial charge in [-0.2, -0.15) is 5.10 Å². The second-order valence-electron chi connectivity index (χ2n) is 7.09. The lowest BCUT2D eigenvalue weighted by Crippen LogP contribution is -2.33. The molecule has 2 atom stereocenters. The maximum absolute atomic E-state index is 13.4. The summed E-state index contributed by atoms with van der Waals surface area (Å²) < 4.78 is 25.0. The molecule has 0 spiro atoms. The van der Waals surface area contributed by atoms with Crippen molar-refractivity contribution in [3.8, 4) is 17.2 Å². The number of hydrogen-bond donors (Lipinski definition) is 1. The van der Waals surface area contributed by atoms with Crippen molar-refractivity contribution < 1.29 is 19.0 Å². The molecule has 5 rings (SSSR count). The number of halogens is 1. The van der Waals surface area contributed by atoms with Gasteiger partial charge in [0.2, 0.25) is 6.23 Å². The number of hydrazone groups is 1. The normalized spacial score (nSPS) is 19.8. The van der Waals surface area contributed by atoms with E-state index in [4.69, 9.17) is 14.6 Å². The Bertz CT molecular complexity index is 1100. The van der Waals surface area contributed by atoms with E-state index in [9.17, 15) is 9.50 Å². The van der Waals surface area contributed by atoms with Gasteiger partial charge in [0.15, 0.2) is 0 Å². The van der Waals surface area contributed by atoms with E-state index < -0.39 is 6.23 Å². The first kappa shape index (κ1) is 17.6. The highest BCUT2D eigenvalue weighted by Crippen LogP contribution is 2.48. The third kappa shape index (κ3) is 2.97. The Kier molecular flexibility index (Phi) is 4.12. The number of methoxy groups -OCH3 is 1. The summed E-state index contributed by atoms with van der Waals surface area (Å²) in [6.45, 7) is 0. The molecule has 0 bridgehead atoms. The monoisotopic (exact) mass is 390 g/mol. The number of aromatic hydroxyl groups is 1. The Labute approximate surface area is 167 Å². The number of rotatable bonds is 3. The summed E-state index contributed by atoms with van der Waals surface area (Å²) in [5.41, 5.74) is 3.23. The standard InChI is InChI=1S/C23H19FN2O3/c1-28-16-10-11-21(27)18(12-16)19-13-20-17-4-2-3-5-22(17)29-23(26(20)25-19)14-6-8-15(24)9-7-14/h2-12,20,23,27H,13H2,1H3/t20-,23+/m1/s1. The molecule has 2 aliphatic rings. The predicted octanol–water partition coefficient (Wildman–Crippen LogP) is 4.78. The highest BCUT2D eigenvalue weighted by atomic mass is 19.1. The molecule has 0 aliphatic carbocycles. The number of nitrogens with zero attached hydrogens (tertiary/aromatic N) is 2. The summed E-state index contributed by atoms with van der Waals surface area (Å²) in [6.07, 6.45) is 0.125. The lowest BCUT2D eigenvalue weighted by molar-refractivity contribution is -0.0190. The molecular formula is C23H19FN2O3. The van der Waals surface area contributed by atoms with Crippen LogP contribution in [0, 0.1) is 5.82 Å². The fourth-order valence-corrected chi connectivity index (χ4v) is 3.92. The average Bonchev–Trinajstić information content (AvgIpc) is 3.20. The number of benzene rings is 3. The summed E-state index contributed by atoms with van der Waals surface area (Å²) in [4.78, 5) is 0. The molecule has 0 fully saturated rings. The second-order valence-corrected chi connectivity index (χ2v) is 7.09. The van der Waals surface area contributed by atoms with Crippen LogP contribution in [0.2, 0.25) is 0 Å². The maximum Gasteiger partial charge on any atom is 0.213 e. The van der Waals surface area contributed by atoms with Crippen LogP contribution in [0.5, 0.6) is 17.2 Å². The Morgan fingerprint density at radius 1 is 1.10 bits per heavy atom. The van der Waals surface area contributed by atoms with Gasteiger partial charge < -0.3 is 14.6 Å². The topological polar surface area (TPSA) is 54.3 Å². The van der Waals surface area contributed by atoms with Crippen LogP contribution in [-0.4, -0.2) is 22.9 Å². The van der Waals surface area contributed by atoms with Crippen LogP contribution in [0.25, 0.3) is 0 Å². The number of phenols is 1. The third-order valence-corrected chi connectivity index (χ3v) is 5.37. The molecule has 3 aromatic carbocycles. The zero-order valence-corrected chi connectivity index (χ0v) is 15.7. The highest BCUT2D eigenvalue weighted by Gasteiger charge is 2.41. The van der Waals surface area contributed by atoms with Gasteiger partial charge in [-0.3, -0.25) is 0 Å². The van der Waals surface area contributed by atoms with E-state index in [0.29, 0.717) is 17.7 Å². The fourth-order valence-electron chi connectivity index (χ4n) is 3.92. The molecular weight excluding hydrogens is 371 g/mol. The zero-order valence-electron chi connectivity index (χ0n) is 15.7. The van der Waals surface area contributed by atoms with E-state index >= 15 is 0 Å². The van der Waals surface area contributed by atoms with Crippen molar-refractivity contribution in [1.29, 1.82) is 0 Å². The molecule has 146 valence electrons. The van der Waals surface area contributed by atoms with Gasteiger partial charge in [0.05, 0.1) is 18.9 Å². The van der Waals surface area contributed by atoms with Crippen molar-refractivity contribution >= 4 is 5.71 Å². The number of phenolic OH excluding ortho intramolecular Hbond substituents is 1. The number of fused-ring (bicyclic) bond motifs is 3. The van der Waals surface area contributed by atoms with Crippen LogP contribution in [0.15, 0.2) is 71.8 Å². The van der Waals surface area contributed by atoms with Crippen molar-refractivity contribution in [3.05, 3.63) is 89.2 Å². The molecule has 0 radical (unpaired) electrons. The summed E-state index contributed by atoms with van der Waals surface area (Å²) in [6, 6.07) is 19.2. The SMILES string of the molecule is COc1ccc(O)c(C2=NN3[C@H](C2)c2ccccc2O[C@H]3c2ccc(F)cc2)c1. The first-order chi connectivity index (χ1) is 14.1. The lowest BCUT2D eigenvalue weighted by Gasteiger charge is -2.38. The smallest absolute Gasteiger partial charge is 0.213 e. The van der Waals surface area contributed by atoms with Crippen molar-refractivity contribution in [2.45, 2.75) is 18.7 Å². The van der Waals surface area contributed by atoms with Gasteiger partial charge in [-0.15, -0.1) is 0 Å². The molecule has 1 N–H and O–H groups in total. The van der Waals surface area contributed by atoms with Gasteiger partial charge >= 0.3 is 0 Å². The quantitative estimate of drug-likeness (QED) is 0.699. The molecule has 2 heterocycles. The van der Waals surface area contributed by atoms with Gasteiger partial charge in [-0.25, -0.2) is 9.40 Å². The summed E-state index contributed by atoms with van der Waals surface area (Å²) in [5.74, 6) is 1.29. The molecule has 0 saturated carbocycles. The van der Waals surface area contributed by atoms with Crippen LogP contribution in [0.3, 0.4) is 0 Å². The summed E-state index contributed by atoms with van der Waals surface area (Å²) >= 11 is 0. The first-order valence-electron chi connectivity index (χ1n) is 9.38. The number of para-hydroxylation sites is 1. The average molecular weight is 390 g/mol. The minimum atomic E-state index is -0.485. The molecule has 0 saturated heterocycles. The molecule has 0 amide bonds. The van der Waals surface area contributed by atoms with Gasteiger partial charge in [0.25, 0.3) is 0 Å². The number of hydrogen-bond acceptors (Lipinski definition) is 5. The molecule has 2 aliphatic heterocycles. The second kappa shape index (κ2) is 6.81. The van der Waals surface area contributed by atoms with Crippen LogP contribution in [-0.2, 0) is 0 Å². The summed E-state index contributed by atoms with van der Waals surface area (Å²) in [5, 5.41) is 17.1. The van der Waals surface area contributed by atoms with Crippen LogP contribution in [0.1, 0.15) is 35.4 Å². The highest BCUT2D eigenvalue weighted by molar-refractivity contribution is 6.04. The van der Waals surface area contributed by atoms with Gasteiger partial charge in [-0.1, -0.05) is 30.3 Å². The van der Waals surface area contributed by atoms with E-state index in [1.54, 1.807) is 37.4 Å². The van der Waals surface area contributed by atoms with Crippen LogP contribution in [0.4, 0.5) is 4.39 Å². The minimum Gasteiger partial charge on any atom is -0.507 e. The van der Waals surface area contributed by atoms with Crippen molar-refractivity contribution in [1.82, 2.24) is 5.01 Å². The van der Waals surface area contributed by atoms with Crippen molar-refractivity contribution in [2.75, 3.05) is 7.11 Å². The minimum absolute atomic E-state index is 0.0457. The molecule has 0 aromatic heterocycles. The Morgan fingerprint density at radius 3 is 2.69 bits per heavy atom. The van der Waals surface area contributed by atoms with E-state index in [2.05, 4.69) is 0 Å². The Balaban J connectivity index is 1.60. The van der Waals surface area contributed by atoms with E-state index in [1.807, 2.05) is 29.3 Å². The van der Waals surface area contributed by atoms with Crippen LogP contribution < -0.4 is 9.47 Å². The van der Waals surface area contributed by atoms with Gasteiger partial charge in [-0.05, 0) is 36.4 Å². The molecule has 5 nitrogen and oxygen atoms in total. The van der Waals surface area contributed by atoms with Gasteiger partial charge in [0, 0.05) is 23.1 Å². The van der Waals surface area contributed by atoms with E-state index in [1.165, 1.54) is 12.1 Å². The molecule has 6 heteroatoms. The molecule has 29 heavy (non-hydrogen) atoms. The lowest BCUT2D eigenvalue weighted by atomic mass is 9.95. The Morgan fingerprint density at radius 2 is 1.90 bits per heavy atom. The Hall–Kier alpha value is -3.54. The zero-order chi connectivity index (χ0) is 20.0. The fraction of sp³-hybridized carbons (Fsp3) is 0.174.